The number of anilines is 1. The van der Waals surface area contributed by atoms with Crippen LogP contribution in [0.4, 0.5) is 14.6 Å². The standard InChI is InChI=1S/C13H14F2N2O3/c1-13(14,15)7-4-8(9-6-11(16)17-20-9)12(19-3)10(5-7)18-2/h4-6H,1-3H3,(H2,16,17). The molecule has 1 aromatic carbocycles. The van der Waals surface area contributed by atoms with Crippen molar-refractivity contribution in [2.45, 2.75) is 12.8 Å². The van der Waals surface area contributed by atoms with E-state index in [1.165, 1.54) is 32.4 Å². The number of alkyl halides is 2. The van der Waals surface area contributed by atoms with Gasteiger partial charge in [0, 0.05) is 18.6 Å². The van der Waals surface area contributed by atoms with Gasteiger partial charge in [0.1, 0.15) is 0 Å². The molecule has 7 heteroatoms. The van der Waals surface area contributed by atoms with E-state index in [9.17, 15) is 8.78 Å². The number of ether oxygens (including phenoxy) is 2. The Morgan fingerprint density at radius 3 is 2.35 bits per heavy atom. The number of benzene rings is 1. The third kappa shape index (κ3) is 2.52. The van der Waals surface area contributed by atoms with E-state index in [-0.39, 0.29) is 28.6 Å². The molecule has 0 saturated carbocycles. The average Bonchev–Trinajstić information content (AvgIpc) is 2.82. The van der Waals surface area contributed by atoms with Gasteiger partial charge in [-0.2, -0.15) is 0 Å². The molecule has 2 aromatic rings. The molecule has 0 aliphatic rings. The van der Waals surface area contributed by atoms with Gasteiger partial charge in [0.05, 0.1) is 19.8 Å². The van der Waals surface area contributed by atoms with Crippen LogP contribution < -0.4 is 15.2 Å². The summed E-state index contributed by atoms with van der Waals surface area (Å²) in [4.78, 5) is 0. The number of hydrogen-bond acceptors (Lipinski definition) is 5. The van der Waals surface area contributed by atoms with E-state index >= 15 is 0 Å². The number of nitrogen functional groups attached to an aromatic ring is 1. The van der Waals surface area contributed by atoms with Crippen LogP contribution in [0.3, 0.4) is 0 Å². The smallest absolute Gasteiger partial charge is 0.270 e. The van der Waals surface area contributed by atoms with E-state index in [1.54, 1.807) is 0 Å². The Labute approximate surface area is 114 Å². The fraction of sp³-hybridized carbons (Fsp3) is 0.308. The quantitative estimate of drug-likeness (QED) is 0.934. The molecule has 0 amide bonds. The van der Waals surface area contributed by atoms with Crippen molar-refractivity contribution in [1.29, 1.82) is 0 Å². The van der Waals surface area contributed by atoms with Crippen molar-refractivity contribution in [3.05, 3.63) is 23.8 Å². The summed E-state index contributed by atoms with van der Waals surface area (Å²) in [5.74, 6) is -2.20. The highest BCUT2D eigenvalue weighted by Crippen LogP contribution is 2.43. The van der Waals surface area contributed by atoms with Crippen molar-refractivity contribution in [3.8, 4) is 22.8 Å². The van der Waals surface area contributed by atoms with Gasteiger partial charge in [-0.25, -0.2) is 8.78 Å². The molecule has 108 valence electrons. The molecule has 0 atom stereocenters. The highest BCUT2D eigenvalue weighted by Gasteiger charge is 2.28. The fourth-order valence-electron chi connectivity index (χ4n) is 1.82. The van der Waals surface area contributed by atoms with Crippen molar-refractivity contribution >= 4 is 5.82 Å². The number of hydrogen-bond donors (Lipinski definition) is 1. The third-order valence-electron chi connectivity index (χ3n) is 2.78. The molecule has 0 fully saturated rings. The minimum Gasteiger partial charge on any atom is -0.493 e. The Bertz CT molecular complexity index is 621. The molecule has 2 N–H and O–H groups in total. The molecule has 2 rings (SSSR count). The summed E-state index contributed by atoms with van der Waals surface area (Å²) in [6.45, 7) is 0.798. The summed E-state index contributed by atoms with van der Waals surface area (Å²) < 4.78 is 42.4. The van der Waals surface area contributed by atoms with Gasteiger partial charge in [-0.15, -0.1) is 0 Å². The first kappa shape index (κ1) is 14.1. The summed E-state index contributed by atoms with van der Waals surface area (Å²) >= 11 is 0. The molecule has 0 spiro atoms. The van der Waals surface area contributed by atoms with E-state index in [1.807, 2.05) is 0 Å². The lowest BCUT2D eigenvalue weighted by atomic mass is 10.0. The number of methoxy groups -OCH3 is 2. The zero-order valence-corrected chi connectivity index (χ0v) is 11.2. The molecule has 0 aliphatic heterocycles. The second-order valence-electron chi connectivity index (χ2n) is 4.26. The predicted molar refractivity (Wildman–Crippen MR) is 69.0 cm³/mol. The number of rotatable bonds is 4. The third-order valence-corrected chi connectivity index (χ3v) is 2.78. The van der Waals surface area contributed by atoms with Gasteiger partial charge in [0.2, 0.25) is 0 Å². The lowest BCUT2D eigenvalue weighted by Crippen LogP contribution is -2.08. The molecule has 5 nitrogen and oxygen atoms in total. The lowest BCUT2D eigenvalue weighted by Gasteiger charge is -2.16. The summed E-state index contributed by atoms with van der Waals surface area (Å²) in [5.41, 5.74) is 5.55. The van der Waals surface area contributed by atoms with Crippen LogP contribution >= 0.6 is 0 Å². The summed E-state index contributed by atoms with van der Waals surface area (Å²) in [7, 11) is 2.78. The van der Waals surface area contributed by atoms with Crippen molar-refractivity contribution in [3.63, 3.8) is 0 Å². The number of nitrogens with two attached hydrogens (primary N) is 1. The first-order chi connectivity index (χ1) is 9.36. The zero-order chi connectivity index (χ0) is 14.9. The monoisotopic (exact) mass is 284 g/mol. The first-order valence-electron chi connectivity index (χ1n) is 5.73. The largest absolute Gasteiger partial charge is 0.493 e. The molecule has 20 heavy (non-hydrogen) atoms. The molecule has 0 radical (unpaired) electrons. The average molecular weight is 284 g/mol. The van der Waals surface area contributed by atoms with Gasteiger partial charge in [-0.05, 0) is 12.1 Å². The highest BCUT2D eigenvalue weighted by molar-refractivity contribution is 5.72. The lowest BCUT2D eigenvalue weighted by molar-refractivity contribution is 0.0172. The van der Waals surface area contributed by atoms with E-state index in [0.29, 0.717) is 5.56 Å². The summed E-state index contributed by atoms with van der Waals surface area (Å²) in [6, 6.07) is 3.91. The topological polar surface area (TPSA) is 70.5 Å². The maximum absolute atomic E-state index is 13.5. The summed E-state index contributed by atoms with van der Waals surface area (Å²) in [5, 5.41) is 3.53. The Morgan fingerprint density at radius 2 is 1.90 bits per heavy atom. The minimum absolute atomic E-state index is 0.148. The molecule has 0 aliphatic carbocycles. The van der Waals surface area contributed by atoms with Crippen LogP contribution in [0.5, 0.6) is 11.5 Å². The Balaban J connectivity index is 2.69. The van der Waals surface area contributed by atoms with E-state index in [0.717, 1.165) is 6.92 Å². The number of nitrogens with zero attached hydrogens (tertiary/aromatic N) is 1. The fourth-order valence-corrected chi connectivity index (χ4v) is 1.82. The van der Waals surface area contributed by atoms with Gasteiger partial charge < -0.3 is 19.7 Å². The Kier molecular flexibility index (Phi) is 3.52. The molecule has 0 bridgehead atoms. The van der Waals surface area contributed by atoms with Crippen LogP contribution in [-0.2, 0) is 5.92 Å². The zero-order valence-electron chi connectivity index (χ0n) is 11.2. The highest BCUT2D eigenvalue weighted by atomic mass is 19.3. The second kappa shape index (κ2) is 4.99. The normalized spacial score (nSPS) is 11.4. The van der Waals surface area contributed by atoms with Gasteiger partial charge in [-0.3, -0.25) is 0 Å². The molecule has 1 heterocycles. The van der Waals surface area contributed by atoms with Crippen LogP contribution in [-0.4, -0.2) is 19.4 Å². The van der Waals surface area contributed by atoms with Crippen LogP contribution in [0.25, 0.3) is 11.3 Å². The minimum atomic E-state index is -3.03. The molecule has 0 saturated heterocycles. The van der Waals surface area contributed by atoms with Gasteiger partial charge in [-0.1, -0.05) is 5.16 Å². The van der Waals surface area contributed by atoms with Gasteiger partial charge in [0.15, 0.2) is 23.1 Å². The van der Waals surface area contributed by atoms with Crippen molar-refractivity contribution in [2.24, 2.45) is 0 Å². The molecular formula is C13H14F2N2O3. The number of halogens is 2. The van der Waals surface area contributed by atoms with Gasteiger partial charge in [0.25, 0.3) is 5.92 Å². The Hall–Kier alpha value is -2.31. The van der Waals surface area contributed by atoms with E-state index < -0.39 is 5.92 Å². The van der Waals surface area contributed by atoms with Crippen LogP contribution in [0.1, 0.15) is 12.5 Å². The van der Waals surface area contributed by atoms with Crippen molar-refractivity contribution < 1.29 is 22.8 Å². The predicted octanol–water partition coefficient (Wildman–Crippen LogP) is 3.05. The maximum atomic E-state index is 13.5. The molecule has 1 aromatic heterocycles. The van der Waals surface area contributed by atoms with E-state index in [4.69, 9.17) is 19.7 Å². The summed E-state index contributed by atoms with van der Waals surface area (Å²) in [6.07, 6.45) is 0. The van der Waals surface area contributed by atoms with Crippen molar-refractivity contribution in [1.82, 2.24) is 5.16 Å². The SMILES string of the molecule is COc1cc(C(C)(F)F)cc(-c2cc(N)no2)c1OC. The second-order valence-corrected chi connectivity index (χ2v) is 4.26. The van der Waals surface area contributed by atoms with Gasteiger partial charge >= 0.3 is 0 Å². The maximum Gasteiger partial charge on any atom is 0.270 e. The van der Waals surface area contributed by atoms with Crippen molar-refractivity contribution in [2.75, 3.05) is 20.0 Å². The number of aromatic nitrogens is 1. The van der Waals surface area contributed by atoms with Crippen LogP contribution in [0.15, 0.2) is 22.7 Å². The van der Waals surface area contributed by atoms with Crippen LogP contribution in [0.2, 0.25) is 0 Å². The molecule has 0 unspecified atom stereocenters. The first-order valence-corrected chi connectivity index (χ1v) is 5.73. The van der Waals surface area contributed by atoms with Crippen LogP contribution in [0, 0.1) is 0 Å². The Morgan fingerprint density at radius 1 is 1.20 bits per heavy atom. The van der Waals surface area contributed by atoms with E-state index in [2.05, 4.69) is 5.16 Å². The molecular weight excluding hydrogens is 270 g/mol.